The van der Waals surface area contributed by atoms with E-state index in [1.165, 1.54) is 4.90 Å². The van der Waals surface area contributed by atoms with Crippen molar-refractivity contribution in [3.05, 3.63) is 35.4 Å². The number of carbonyl (C=O) groups is 3. The van der Waals surface area contributed by atoms with E-state index in [1.54, 1.807) is 19.0 Å². The maximum atomic E-state index is 12.5. The van der Waals surface area contributed by atoms with Crippen molar-refractivity contribution in [2.45, 2.75) is 19.8 Å². The van der Waals surface area contributed by atoms with Crippen LogP contribution in [0.25, 0.3) is 0 Å². The van der Waals surface area contributed by atoms with E-state index in [1.807, 2.05) is 31.2 Å². The lowest BCUT2D eigenvalue weighted by Crippen LogP contribution is -2.47. The van der Waals surface area contributed by atoms with Gasteiger partial charge in [-0.3, -0.25) is 9.59 Å². The molecule has 1 fully saturated rings. The fourth-order valence-electron chi connectivity index (χ4n) is 2.72. The van der Waals surface area contributed by atoms with Gasteiger partial charge in [0.15, 0.2) is 5.78 Å². The molecule has 24 heavy (non-hydrogen) atoms. The number of aryl methyl sites for hydroxylation is 1. The maximum Gasteiger partial charge on any atom is 0.317 e. The van der Waals surface area contributed by atoms with E-state index >= 15 is 0 Å². The number of nitrogens with zero attached hydrogens (tertiary/aromatic N) is 2. The number of hydrogen-bond donors (Lipinski definition) is 1. The third-order valence-corrected chi connectivity index (χ3v) is 4.38. The number of piperidine rings is 1. The fraction of sp³-hybridized carbons (Fsp3) is 0.500. The van der Waals surface area contributed by atoms with Crippen LogP contribution in [0.5, 0.6) is 0 Å². The summed E-state index contributed by atoms with van der Waals surface area (Å²) in [5.74, 6) is -0.0363. The Hall–Kier alpha value is -2.37. The van der Waals surface area contributed by atoms with Crippen molar-refractivity contribution >= 4 is 17.7 Å². The van der Waals surface area contributed by atoms with E-state index in [0.717, 1.165) is 11.1 Å². The van der Waals surface area contributed by atoms with Gasteiger partial charge in [-0.25, -0.2) is 4.79 Å². The minimum absolute atomic E-state index is 0.00589. The smallest absolute Gasteiger partial charge is 0.317 e. The van der Waals surface area contributed by atoms with Gasteiger partial charge in [-0.1, -0.05) is 29.8 Å². The minimum Gasteiger partial charge on any atom is -0.347 e. The van der Waals surface area contributed by atoms with Gasteiger partial charge < -0.3 is 15.1 Å². The summed E-state index contributed by atoms with van der Waals surface area (Å²) in [6.45, 7) is 3.05. The van der Waals surface area contributed by atoms with Crippen molar-refractivity contribution in [3.8, 4) is 0 Å². The second-order valence-electron chi connectivity index (χ2n) is 6.44. The molecule has 1 aromatic carbocycles. The highest BCUT2D eigenvalue weighted by Crippen LogP contribution is 2.22. The van der Waals surface area contributed by atoms with Crippen LogP contribution in [0, 0.1) is 12.8 Å². The topological polar surface area (TPSA) is 69.7 Å². The first kappa shape index (κ1) is 18.0. The number of ketones is 1. The molecule has 1 heterocycles. The van der Waals surface area contributed by atoms with Gasteiger partial charge in [0.25, 0.3) is 0 Å². The van der Waals surface area contributed by atoms with Gasteiger partial charge in [-0.15, -0.1) is 0 Å². The Bertz CT molecular complexity index is 602. The first-order valence-electron chi connectivity index (χ1n) is 8.22. The van der Waals surface area contributed by atoms with E-state index in [-0.39, 0.29) is 30.2 Å². The summed E-state index contributed by atoms with van der Waals surface area (Å²) in [7, 11) is 3.30. The Morgan fingerprint density at radius 2 is 1.71 bits per heavy atom. The van der Waals surface area contributed by atoms with E-state index in [0.29, 0.717) is 25.9 Å². The quantitative estimate of drug-likeness (QED) is 0.854. The van der Waals surface area contributed by atoms with Crippen molar-refractivity contribution in [2.75, 3.05) is 33.7 Å². The highest BCUT2D eigenvalue weighted by molar-refractivity contribution is 5.98. The summed E-state index contributed by atoms with van der Waals surface area (Å²) >= 11 is 0. The standard InChI is InChI=1S/C18H25N3O3/c1-13-4-6-14(7-5-13)17(23)15-8-10-21(11-9-15)18(24)19-12-16(22)20(2)3/h4-7,15H,8-12H2,1-3H3,(H,19,24). The van der Waals surface area contributed by atoms with E-state index in [9.17, 15) is 14.4 Å². The lowest BCUT2D eigenvalue weighted by molar-refractivity contribution is -0.127. The molecule has 0 spiro atoms. The molecule has 1 saturated heterocycles. The van der Waals surface area contributed by atoms with E-state index in [4.69, 9.17) is 0 Å². The molecule has 0 aliphatic carbocycles. The van der Waals surface area contributed by atoms with Crippen molar-refractivity contribution in [1.29, 1.82) is 0 Å². The van der Waals surface area contributed by atoms with Crippen LogP contribution in [0.1, 0.15) is 28.8 Å². The second kappa shape index (κ2) is 7.95. The Labute approximate surface area is 142 Å². The number of rotatable bonds is 4. The Morgan fingerprint density at radius 3 is 2.25 bits per heavy atom. The monoisotopic (exact) mass is 331 g/mol. The fourth-order valence-corrected chi connectivity index (χ4v) is 2.72. The van der Waals surface area contributed by atoms with Gasteiger partial charge in [0.2, 0.25) is 5.91 Å². The molecule has 1 aliphatic rings. The van der Waals surface area contributed by atoms with Crippen molar-refractivity contribution in [2.24, 2.45) is 5.92 Å². The van der Waals surface area contributed by atoms with Gasteiger partial charge in [-0.05, 0) is 19.8 Å². The zero-order valence-corrected chi connectivity index (χ0v) is 14.5. The molecule has 3 amide bonds. The number of Topliss-reactive ketones (excluding diaryl/α,β-unsaturated/α-hetero) is 1. The van der Waals surface area contributed by atoms with Crippen molar-refractivity contribution in [3.63, 3.8) is 0 Å². The summed E-state index contributed by atoms with van der Waals surface area (Å²) in [6, 6.07) is 7.37. The molecule has 1 aromatic rings. The molecular weight excluding hydrogens is 306 g/mol. The summed E-state index contributed by atoms with van der Waals surface area (Å²) in [5.41, 5.74) is 1.87. The molecule has 0 unspecified atom stereocenters. The molecule has 1 N–H and O–H groups in total. The normalized spacial score (nSPS) is 15.0. The summed E-state index contributed by atoms with van der Waals surface area (Å²) in [6.07, 6.45) is 1.31. The number of nitrogens with one attached hydrogen (secondary N) is 1. The number of amides is 3. The van der Waals surface area contributed by atoms with Gasteiger partial charge in [0.1, 0.15) is 0 Å². The van der Waals surface area contributed by atoms with Crippen LogP contribution >= 0.6 is 0 Å². The van der Waals surface area contributed by atoms with Gasteiger partial charge in [0.05, 0.1) is 6.54 Å². The molecule has 0 radical (unpaired) electrons. The van der Waals surface area contributed by atoms with E-state index in [2.05, 4.69) is 5.32 Å². The molecule has 1 aliphatic heterocycles. The highest BCUT2D eigenvalue weighted by atomic mass is 16.2. The second-order valence-corrected chi connectivity index (χ2v) is 6.44. The predicted octanol–water partition coefficient (Wildman–Crippen LogP) is 1.69. The lowest BCUT2D eigenvalue weighted by atomic mass is 9.89. The first-order valence-corrected chi connectivity index (χ1v) is 8.22. The van der Waals surface area contributed by atoms with E-state index < -0.39 is 0 Å². The Kier molecular flexibility index (Phi) is 5.95. The molecule has 6 heteroatoms. The van der Waals surface area contributed by atoms with Crippen LogP contribution in [0.2, 0.25) is 0 Å². The van der Waals surface area contributed by atoms with Gasteiger partial charge >= 0.3 is 6.03 Å². The van der Waals surface area contributed by atoms with Crippen LogP contribution in [0.4, 0.5) is 4.79 Å². The number of likely N-dealkylation sites (tertiary alicyclic amines) is 1. The van der Waals surface area contributed by atoms with Crippen LogP contribution in [0.15, 0.2) is 24.3 Å². The molecule has 2 rings (SSSR count). The number of carbonyl (C=O) groups excluding carboxylic acids is 3. The third kappa shape index (κ3) is 4.57. The number of hydrogen-bond acceptors (Lipinski definition) is 3. The van der Waals surface area contributed by atoms with Crippen LogP contribution in [-0.4, -0.2) is 61.3 Å². The van der Waals surface area contributed by atoms with Crippen molar-refractivity contribution in [1.82, 2.24) is 15.1 Å². The summed E-state index contributed by atoms with van der Waals surface area (Å²) < 4.78 is 0. The summed E-state index contributed by atoms with van der Waals surface area (Å²) in [5, 5.41) is 2.63. The van der Waals surface area contributed by atoms with Gasteiger partial charge in [0, 0.05) is 38.7 Å². The van der Waals surface area contributed by atoms with Crippen LogP contribution < -0.4 is 5.32 Å². The average Bonchev–Trinajstić information content (AvgIpc) is 2.59. The van der Waals surface area contributed by atoms with Crippen molar-refractivity contribution < 1.29 is 14.4 Å². The third-order valence-electron chi connectivity index (χ3n) is 4.38. The van der Waals surface area contributed by atoms with Gasteiger partial charge in [-0.2, -0.15) is 0 Å². The molecule has 0 atom stereocenters. The zero-order chi connectivity index (χ0) is 17.7. The molecular formula is C18H25N3O3. The first-order chi connectivity index (χ1) is 11.4. The van der Waals surface area contributed by atoms with Crippen LogP contribution in [0.3, 0.4) is 0 Å². The summed E-state index contributed by atoms with van der Waals surface area (Å²) in [4.78, 5) is 39.2. The molecule has 0 bridgehead atoms. The molecule has 6 nitrogen and oxygen atoms in total. The predicted molar refractivity (Wildman–Crippen MR) is 91.9 cm³/mol. The minimum atomic E-state index is -0.244. The molecule has 0 aromatic heterocycles. The number of benzene rings is 1. The Morgan fingerprint density at radius 1 is 1.12 bits per heavy atom. The Balaban J connectivity index is 1.82. The van der Waals surface area contributed by atoms with Crippen LogP contribution in [-0.2, 0) is 4.79 Å². The number of urea groups is 1. The lowest BCUT2D eigenvalue weighted by Gasteiger charge is -2.31. The maximum absolute atomic E-state index is 12.5. The largest absolute Gasteiger partial charge is 0.347 e. The average molecular weight is 331 g/mol. The SMILES string of the molecule is Cc1ccc(C(=O)C2CCN(C(=O)NCC(=O)N(C)C)CC2)cc1. The highest BCUT2D eigenvalue weighted by Gasteiger charge is 2.28. The molecule has 130 valence electrons. The zero-order valence-electron chi connectivity index (χ0n) is 14.5. The molecule has 0 saturated carbocycles. The number of likely N-dealkylation sites (N-methyl/N-ethyl adjacent to an activating group) is 1.